The van der Waals surface area contributed by atoms with E-state index in [0.717, 1.165) is 44.6 Å². The van der Waals surface area contributed by atoms with Gasteiger partial charge in [-0.05, 0) is 63.5 Å². The molecule has 0 radical (unpaired) electrons. The maximum absolute atomic E-state index is 5.34. The third kappa shape index (κ3) is 4.62. The summed E-state index contributed by atoms with van der Waals surface area (Å²) in [4.78, 5) is 20.2. The van der Waals surface area contributed by atoms with E-state index in [-0.39, 0.29) is 0 Å². The van der Waals surface area contributed by atoms with Gasteiger partial charge in [-0.1, -0.05) is 127 Å². The summed E-state index contributed by atoms with van der Waals surface area (Å²) in [5.41, 5.74) is 8.05. The molecule has 0 bridgehead atoms. The minimum Gasteiger partial charge on any atom is -0.291 e. The van der Waals surface area contributed by atoms with Gasteiger partial charge in [0.2, 0.25) is 0 Å². The number of benzene rings is 7. The molecule has 4 aromatic heterocycles. The quantitative estimate of drug-likeness (QED) is 0.174. The fourth-order valence-corrected chi connectivity index (χ4v) is 8.59. The molecule has 11 rings (SSSR count). The van der Waals surface area contributed by atoms with Crippen LogP contribution in [0.15, 0.2) is 164 Å². The zero-order valence-corrected chi connectivity index (χ0v) is 28.5. The Morgan fingerprint density at radius 1 is 0.404 bits per heavy atom. The van der Waals surface area contributed by atoms with Crippen LogP contribution in [0.4, 0.5) is 0 Å². The molecule has 11 aromatic rings. The topological polar surface area (TPSA) is 56.0 Å². The van der Waals surface area contributed by atoms with Gasteiger partial charge in [0.1, 0.15) is 0 Å². The first-order valence-electron chi connectivity index (χ1n) is 17.3. The van der Waals surface area contributed by atoms with Crippen molar-refractivity contribution in [3.63, 3.8) is 0 Å². The number of pyridine rings is 1. The van der Waals surface area contributed by atoms with Crippen LogP contribution in [0.3, 0.4) is 0 Å². The summed E-state index contributed by atoms with van der Waals surface area (Å²) >= 11 is 1.81. The van der Waals surface area contributed by atoms with Gasteiger partial charge < -0.3 is 0 Å². The van der Waals surface area contributed by atoms with Gasteiger partial charge in [-0.25, -0.2) is 19.9 Å². The van der Waals surface area contributed by atoms with Gasteiger partial charge in [0.05, 0.1) is 21.4 Å². The van der Waals surface area contributed by atoms with Gasteiger partial charge in [0.25, 0.3) is 0 Å². The highest BCUT2D eigenvalue weighted by Crippen LogP contribution is 2.41. The molecule has 242 valence electrons. The normalized spacial score (nSPS) is 11.8. The molecule has 5 nitrogen and oxygen atoms in total. The van der Waals surface area contributed by atoms with Crippen LogP contribution in [0.25, 0.3) is 104 Å². The lowest BCUT2D eigenvalue weighted by atomic mass is 10.0. The van der Waals surface area contributed by atoms with E-state index in [4.69, 9.17) is 19.9 Å². The minimum absolute atomic E-state index is 0.635. The summed E-state index contributed by atoms with van der Waals surface area (Å²) < 4.78 is 4.80. The molecule has 0 N–H and O–H groups in total. The number of aromatic nitrogens is 5. The lowest BCUT2D eigenvalue weighted by Crippen LogP contribution is -2.00. The largest absolute Gasteiger partial charge is 0.291 e. The van der Waals surface area contributed by atoms with E-state index in [2.05, 4.69) is 108 Å². The Labute approximate surface area is 302 Å². The average Bonchev–Trinajstić information content (AvgIpc) is 3.78. The molecule has 7 aromatic carbocycles. The highest BCUT2D eigenvalue weighted by Gasteiger charge is 2.19. The molecule has 0 aliphatic rings. The molecule has 0 fully saturated rings. The van der Waals surface area contributed by atoms with E-state index in [1.807, 2.05) is 72.0 Å². The Morgan fingerprint density at radius 2 is 0.942 bits per heavy atom. The molecule has 0 unspecified atom stereocenters. The summed E-state index contributed by atoms with van der Waals surface area (Å²) in [6, 6.07) is 57.4. The summed E-state index contributed by atoms with van der Waals surface area (Å²) in [6.07, 6.45) is 0. The Balaban J connectivity index is 1.12. The molecular weight excluding hydrogens is 655 g/mol. The zero-order chi connectivity index (χ0) is 34.2. The van der Waals surface area contributed by atoms with Gasteiger partial charge in [-0.15, -0.1) is 11.3 Å². The van der Waals surface area contributed by atoms with E-state index < -0.39 is 0 Å². The fraction of sp³-hybridized carbons (Fsp3) is 0. The molecule has 6 heteroatoms. The van der Waals surface area contributed by atoms with Crippen LogP contribution in [-0.2, 0) is 0 Å². The summed E-state index contributed by atoms with van der Waals surface area (Å²) in [5, 5.41) is 7.32. The number of nitrogens with zero attached hydrogens (tertiary/aromatic N) is 5. The fourth-order valence-electron chi connectivity index (χ4n) is 7.43. The molecule has 0 amide bonds. The number of hydrogen-bond donors (Lipinski definition) is 0. The van der Waals surface area contributed by atoms with Gasteiger partial charge in [-0.3, -0.25) is 4.40 Å². The number of imidazole rings is 1. The molecule has 0 aliphatic heterocycles. The van der Waals surface area contributed by atoms with Gasteiger partial charge in [-0.2, -0.15) is 0 Å². The van der Waals surface area contributed by atoms with Gasteiger partial charge in [0.15, 0.2) is 23.1 Å². The number of rotatable bonds is 4. The summed E-state index contributed by atoms with van der Waals surface area (Å²) in [5.74, 6) is 1.93. The highest BCUT2D eigenvalue weighted by atomic mass is 32.1. The van der Waals surface area contributed by atoms with Crippen LogP contribution in [0.1, 0.15) is 0 Å². The molecule has 0 saturated carbocycles. The van der Waals surface area contributed by atoms with E-state index >= 15 is 0 Å². The third-order valence-corrected chi connectivity index (χ3v) is 11.2. The van der Waals surface area contributed by atoms with Crippen molar-refractivity contribution < 1.29 is 0 Å². The maximum Gasteiger partial charge on any atom is 0.164 e. The standard InChI is InChI=1S/C46H27N5S/c1-3-11-29(12-4-1)43-48-44(30-13-5-2-6-14-30)50-45(49-43)31-21-19-28(20-22-31)39-27-37-36-17-9-10-18-41(36)52-42(37)46-47-38-25-34-23-32-15-7-8-16-33(32)24-35(34)26-40(38)51(39)46/h1-27H. The number of thiophene rings is 1. The second kappa shape index (κ2) is 11.4. The van der Waals surface area contributed by atoms with Crippen LogP contribution in [0.2, 0.25) is 0 Å². The minimum atomic E-state index is 0.635. The van der Waals surface area contributed by atoms with Crippen molar-refractivity contribution in [2.75, 3.05) is 0 Å². The third-order valence-electron chi connectivity index (χ3n) is 9.97. The summed E-state index contributed by atoms with van der Waals surface area (Å²) in [7, 11) is 0. The lowest BCUT2D eigenvalue weighted by Gasteiger charge is -2.11. The monoisotopic (exact) mass is 681 g/mol. The van der Waals surface area contributed by atoms with E-state index in [1.54, 1.807) is 0 Å². The Morgan fingerprint density at radius 3 is 1.60 bits per heavy atom. The van der Waals surface area contributed by atoms with Crippen molar-refractivity contribution in [3.8, 4) is 45.4 Å². The van der Waals surface area contributed by atoms with Gasteiger partial charge >= 0.3 is 0 Å². The van der Waals surface area contributed by atoms with Crippen LogP contribution in [0, 0.1) is 0 Å². The predicted molar refractivity (Wildman–Crippen MR) is 216 cm³/mol. The van der Waals surface area contributed by atoms with Crippen LogP contribution >= 0.6 is 11.3 Å². The molecule has 4 heterocycles. The van der Waals surface area contributed by atoms with Crippen LogP contribution in [-0.4, -0.2) is 24.3 Å². The molecular formula is C46H27N5S. The van der Waals surface area contributed by atoms with Crippen molar-refractivity contribution in [3.05, 3.63) is 164 Å². The van der Waals surface area contributed by atoms with E-state index in [9.17, 15) is 0 Å². The van der Waals surface area contributed by atoms with Gasteiger partial charge in [0, 0.05) is 32.2 Å². The smallest absolute Gasteiger partial charge is 0.164 e. The molecule has 52 heavy (non-hydrogen) atoms. The molecule has 0 atom stereocenters. The van der Waals surface area contributed by atoms with Crippen molar-refractivity contribution in [1.29, 1.82) is 0 Å². The van der Waals surface area contributed by atoms with Crippen molar-refractivity contribution >= 4 is 69.7 Å². The first-order valence-corrected chi connectivity index (χ1v) is 18.1. The first kappa shape index (κ1) is 29.0. The van der Waals surface area contributed by atoms with Crippen LogP contribution in [0.5, 0.6) is 0 Å². The summed E-state index contributed by atoms with van der Waals surface area (Å²) in [6.45, 7) is 0. The zero-order valence-electron chi connectivity index (χ0n) is 27.7. The first-order chi connectivity index (χ1) is 25.7. The predicted octanol–water partition coefficient (Wildman–Crippen LogP) is 12.0. The van der Waals surface area contributed by atoms with E-state index in [0.29, 0.717) is 17.5 Å². The second-order valence-electron chi connectivity index (χ2n) is 13.1. The second-order valence-corrected chi connectivity index (χ2v) is 14.2. The molecule has 0 spiro atoms. The molecule has 0 saturated heterocycles. The highest BCUT2D eigenvalue weighted by molar-refractivity contribution is 7.26. The maximum atomic E-state index is 5.34. The van der Waals surface area contributed by atoms with Crippen molar-refractivity contribution in [2.24, 2.45) is 0 Å². The number of hydrogen-bond acceptors (Lipinski definition) is 5. The van der Waals surface area contributed by atoms with E-state index in [1.165, 1.54) is 41.7 Å². The Kier molecular flexibility index (Phi) is 6.35. The Bertz CT molecular complexity index is 3110. The number of fused-ring (bicyclic) bond motifs is 9. The SMILES string of the molecule is c1ccc(-c2nc(-c3ccccc3)nc(-c3ccc(-c4cc5c6ccccc6sc5c5nc6cc7cc8ccccc8cc7cc6n45)cc3)n2)cc1. The molecule has 0 aliphatic carbocycles. The lowest BCUT2D eigenvalue weighted by molar-refractivity contribution is 1.07. The van der Waals surface area contributed by atoms with Crippen LogP contribution < -0.4 is 0 Å². The average molecular weight is 682 g/mol. The van der Waals surface area contributed by atoms with Crippen molar-refractivity contribution in [1.82, 2.24) is 24.3 Å². The van der Waals surface area contributed by atoms with Crippen molar-refractivity contribution in [2.45, 2.75) is 0 Å². The Hall–Kier alpha value is -6.76.